The zero-order chi connectivity index (χ0) is 17.0. The van der Waals surface area contributed by atoms with E-state index in [1.807, 2.05) is 6.07 Å². The number of anilines is 2. The van der Waals surface area contributed by atoms with E-state index < -0.39 is 0 Å². The molecule has 130 valence electrons. The summed E-state index contributed by atoms with van der Waals surface area (Å²) >= 11 is 0. The molecule has 4 nitrogen and oxygen atoms in total. The van der Waals surface area contributed by atoms with Crippen LogP contribution in [-0.4, -0.2) is 29.6 Å². The van der Waals surface area contributed by atoms with Crippen molar-refractivity contribution in [1.82, 2.24) is 15.3 Å². The van der Waals surface area contributed by atoms with Gasteiger partial charge in [0.05, 0.1) is 0 Å². The maximum atomic E-state index is 14.1. The highest BCUT2D eigenvalue weighted by molar-refractivity contribution is 5.73. The smallest absolute Gasteiger partial charge is 0.140 e. The van der Waals surface area contributed by atoms with Gasteiger partial charge >= 0.3 is 0 Å². The van der Waals surface area contributed by atoms with Crippen molar-refractivity contribution in [2.75, 3.05) is 24.5 Å². The first kappa shape index (κ1) is 15.3. The van der Waals surface area contributed by atoms with Gasteiger partial charge in [0, 0.05) is 28.9 Å². The highest BCUT2D eigenvalue weighted by Crippen LogP contribution is 2.50. The zero-order valence-corrected chi connectivity index (χ0v) is 14.6. The van der Waals surface area contributed by atoms with Crippen LogP contribution in [0, 0.1) is 5.82 Å². The van der Waals surface area contributed by atoms with Crippen LogP contribution in [0.1, 0.15) is 48.9 Å². The lowest BCUT2D eigenvalue weighted by Crippen LogP contribution is -2.42. The van der Waals surface area contributed by atoms with Crippen LogP contribution in [0.3, 0.4) is 0 Å². The van der Waals surface area contributed by atoms with Gasteiger partial charge in [0.2, 0.25) is 0 Å². The SMILES string of the molecule is C[C@@H]1CCc2ncnc(N3CC4(CCNCC4)c4cc(F)ccc43)c21. The van der Waals surface area contributed by atoms with Crippen molar-refractivity contribution in [1.29, 1.82) is 0 Å². The standard InChI is InChI=1S/C20H23FN4/c1-13-2-4-16-18(13)19(24-12-23-16)25-11-20(6-8-22-9-7-20)15-10-14(21)3-5-17(15)25/h3,5,10,12-13,22H,2,4,6-9,11H2,1H3/t13-/m1/s1. The molecule has 0 radical (unpaired) electrons. The highest BCUT2D eigenvalue weighted by Gasteiger charge is 2.45. The number of piperidine rings is 1. The number of nitrogens with one attached hydrogen (secondary N) is 1. The Morgan fingerprint density at radius 1 is 1.24 bits per heavy atom. The highest BCUT2D eigenvalue weighted by atomic mass is 19.1. The van der Waals surface area contributed by atoms with Gasteiger partial charge in [-0.15, -0.1) is 0 Å². The largest absolute Gasteiger partial charge is 0.325 e. The number of hydrogen-bond acceptors (Lipinski definition) is 4. The van der Waals surface area contributed by atoms with Crippen LogP contribution in [0.5, 0.6) is 0 Å². The minimum atomic E-state index is -0.139. The van der Waals surface area contributed by atoms with E-state index in [2.05, 4.69) is 27.1 Å². The second-order valence-corrected chi connectivity index (χ2v) is 7.78. The van der Waals surface area contributed by atoms with Gasteiger partial charge in [-0.05, 0) is 68.5 Å². The third-order valence-electron chi connectivity index (χ3n) is 6.35. The molecule has 0 unspecified atom stereocenters. The number of aryl methyl sites for hydroxylation is 1. The Balaban J connectivity index is 1.67. The molecule has 2 aromatic rings. The number of hydrogen-bond donors (Lipinski definition) is 1. The number of rotatable bonds is 1. The van der Waals surface area contributed by atoms with Crippen molar-refractivity contribution < 1.29 is 4.39 Å². The third-order valence-corrected chi connectivity index (χ3v) is 6.35. The van der Waals surface area contributed by atoms with Crippen molar-refractivity contribution in [3.05, 3.63) is 47.2 Å². The summed E-state index contributed by atoms with van der Waals surface area (Å²) < 4.78 is 14.1. The molecule has 5 heteroatoms. The number of nitrogens with zero attached hydrogens (tertiary/aromatic N) is 3. The predicted molar refractivity (Wildman–Crippen MR) is 96.0 cm³/mol. The van der Waals surface area contributed by atoms with Gasteiger partial charge in [-0.1, -0.05) is 6.92 Å². The molecule has 1 spiro atoms. The molecule has 1 fully saturated rings. The molecule has 1 saturated heterocycles. The second kappa shape index (κ2) is 5.49. The molecule has 3 aliphatic rings. The summed E-state index contributed by atoms with van der Waals surface area (Å²) in [6.45, 7) is 5.13. The van der Waals surface area contributed by atoms with Gasteiger partial charge in [0.25, 0.3) is 0 Å². The Morgan fingerprint density at radius 2 is 2.08 bits per heavy atom. The molecule has 1 atom stereocenters. The Morgan fingerprint density at radius 3 is 2.92 bits per heavy atom. The van der Waals surface area contributed by atoms with Crippen LogP contribution in [0.15, 0.2) is 24.5 Å². The van der Waals surface area contributed by atoms with Crippen LogP contribution in [0.2, 0.25) is 0 Å². The van der Waals surface area contributed by atoms with Gasteiger partial charge in [-0.3, -0.25) is 0 Å². The van der Waals surface area contributed by atoms with Gasteiger partial charge in [0.15, 0.2) is 0 Å². The van der Waals surface area contributed by atoms with E-state index in [1.54, 1.807) is 18.5 Å². The summed E-state index contributed by atoms with van der Waals surface area (Å²) in [5.41, 5.74) is 4.80. The molecule has 25 heavy (non-hydrogen) atoms. The van der Waals surface area contributed by atoms with Crippen LogP contribution in [0.25, 0.3) is 0 Å². The Kier molecular flexibility index (Phi) is 3.35. The van der Waals surface area contributed by atoms with Crippen molar-refractivity contribution in [2.24, 2.45) is 0 Å². The fourth-order valence-corrected chi connectivity index (χ4v) is 5.00. The first-order valence-electron chi connectivity index (χ1n) is 9.30. The molecular formula is C20H23FN4. The zero-order valence-electron chi connectivity index (χ0n) is 14.6. The maximum Gasteiger partial charge on any atom is 0.140 e. The first-order valence-corrected chi connectivity index (χ1v) is 9.30. The van der Waals surface area contributed by atoms with E-state index in [9.17, 15) is 4.39 Å². The molecule has 1 aromatic carbocycles. The summed E-state index contributed by atoms with van der Waals surface area (Å²) in [4.78, 5) is 11.5. The fraction of sp³-hybridized carbons (Fsp3) is 0.500. The summed E-state index contributed by atoms with van der Waals surface area (Å²) in [5.74, 6) is 1.39. The van der Waals surface area contributed by atoms with E-state index in [0.717, 1.165) is 62.4 Å². The van der Waals surface area contributed by atoms with E-state index in [4.69, 9.17) is 0 Å². The summed E-state index contributed by atoms with van der Waals surface area (Å²) in [6.07, 6.45) is 5.96. The Hall–Kier alpha value is -2.01. The molecule has 2 aliphatic heterocycles. The summed E-state index contributed by atoms with van der Waals surface area (Å²) in [6, 6.07) is 5.28. The lowest BCUT2D eigenvalue weighted by molar-refractivity contribution is 0.328. The fourth-order valence-electron chi connectivity index (χ4n) is 5.00. The molecule has 0 amide bonds. The molecule has 0 saturated carbocycles. The monoisotopic (exact) mass is 338 g/mol. The summed E-state index contributed by atoms with van der Waals surface area (Å²) in [7, 11) is 0. The Bertz CT molecular complexity index is 828. The van der Waals surface area contributed by atoms with E-state index in [0.29, 0.717) is 5.92 Å². The molecule has 0 bridgehead atoms. The lowest BCUT2D eigenvalue weighted by atomic mass is 9.75. The second-order valence-electron chi connectivity index (χ2n) is 7.78. The van der Waals surface area contributed by atoms with Crippen molar-refractivity contribution in [2.45, 2.75) is 43.9 Å². The molecule has 1 aliphatic carbocycles. The van der Waals surface area contributed by atoms with E-state index in [1.165, 1.54) is 11.3 Å². The molecule has 1 aromatic heterocycles. The minimum Gasteiger partial charge on any atom is -0.325 e. The minimum absolute atomic E-state index is 0.0301. The third kappa shape index (κ3) is 2.21. The lowest BCUT2D eigenvalue weighted by Gasteiger charge is -2.35. The van der Waals surface area contributed by atoms with Crippen molar-refractivity contribution in [3.8, 4) is 0 Å². The maximum absolute atomic E-state index is 14.1. The topological polar surface area (TPSA) is 41.1 Å². The van der Waals surface area contributed by atoms with E-state index in [-0.39, 0.29) is 11.2 Å². The average molecular weight is 338 g/mol. The first-order chi connectivity index (χ1) is 12.2. The molecule has 5 rings (SSSR count). The number of aromatic nitrogens is 2. The molecule has 3 heterocycles. The number of halogens is 1. The quantitative estimate of drug-likeness (QED) is 0.865. The summed E-state index contributed by atoms with van der Waals surface area (Å²) in [5, 5.41) is 3.45. The van der Waals surface area contributed by atoms with Crippen molar-refractivity contribution >= 4 is 11.5 Å². The molecule has 1 N–H and O–H groups in total. The normalized spacial score (nSPS) is 23.8. The average Bonchev–Trinajstić information content (AvgIpc) is 3.15. The van der Waals surface area contributed by atoms with Gasteiger partial charge in [-0.25, -0.2) is 14.4 Å². The number of benzene rings is 1. The van der Waals surface area contributed by atoms with Gasteiger partial charge in [0.1, 0.15) is 18.0 Å². The predicted octanol–water partition coefficient (Wildman–Crippen LogP) is 3.44. The Labute approximate surface area is 147 Å². The van der Waals surface area contributed by atoms with Crippen LogP contribution >= 0.6 is 0 Å². The van der Waals surface area contributed by atoms with Crippen LogP contribution < -0.4 is 10.2 Å². The molecular weight excluding hydrogens is 315 g/mol. The van der Waals surface area contributed by atoms with Crippen LogP contribution in [0.4, 0.5) is 15.9 Å². The van der Waals surface area contributed by atoms with E-state index >= 15 is 0 Å². The van der Waals surface area contributed by atoms with Gasteiger partial charge < -0.3 is 10.2 Å². The van der Waals surface area contributed by atoms with Crippen LogP contribution in [-0.2, 0) is 11.8 Å². The van der Waals surface area contributed by atoms with Gasteiger partial charge in [-0.2, -0.15) is 0 Å². The number of fused-ring (bicyclic) bond motifs is 3. The van der Waals surface area contributed by atoms with Crippen molar-refractivity contribution in [3.63, 3.8) is 0 Å².